The highest BCUT2D eigenvalue weighted by Gasteiger charge is 2.28. The van der Waals surface area contributed by atoms with E-state index in [0.717, 1.165) is 25.1 Å². The lowest BCUT2D eigenvalue weighted by molar-refractivity contribution is -0.131. The summed E-state index contributed by atoms with van der Waals surface area (Å²) in [6.45, 7) is 9.20. The van der Waals surface area contributed by atoms with Crippen LogP contribution in [0.15, 0.2) is 29.2 Å². The molecule has 1 fully saturated rings. The molecule has 0 aromatic heterocycles. The van der Waals surface area contributed by atoms with Gasteiger partial charge >= 0.3 is 0 Å². The van der Waals surface area contributed by atoms with E-state index in [-0.39, 0.29) is 17.3 Å². The zero-order valence-corrected chi connectivity index (χ0v) is 16.9. The molecule has 1 N–H and O–H groups in total. The van der Waals surface area contributed by atoms with Crippen LogP contribution in [0, 0.1) is 5.92 Å². The highest BCUT2D eigenvalue weighted by atomic mass is 32.2. The van der Waals surface area contributed by atoms with Crippen molar-refractivity contribution >= 4 is 15.9 Å². The molecule has 1 saturated heterocycles. The summed E-state index contributed by atoms with van der Waals surface area (Å²) in [4.78, 5) is 14.5. The lowest BCUT2D eigenvalue weighted by Gasteiger charge is -2.30. The summed E-state index contributed by atoms with van der Waals surface area (Å²) in [5.74, 6) is 0.394. The Morgan fingerprint density at radius 1 is 1.19 bits per heavy atom. The first-order valence-electron chi connectivity index (χ1n) is 9.42. The Bertz CT molecular complexity index is 680. The second-order valence-electron chi connectivity index (χ2n) is 7.21. The van der Waals surface area contributed by atoms with Crippen LogP contribution in [0.3, 0.4) is 0 Å². The number of rotatable bonds is 8. The van der Waals surface area contributed by atoms with Gasteiger partial charge < -0.3 is 10.2 Å². The van der Waals surface area contributed by atoms with Gasteiger partial charge in [0.1, 0.15) is 0 Å². The van der Waals surface area contributed by atoms with Crippen molar-refractivity contribution in [1.82, 2.24) is 14.5 Å². The van der Waals surface area contributed by atoms with Gasteiger partial charge in [0.2, 0.25) is 15.9 Å². The number of hydrogen-bond acceptors (Lipinski definition) is 4. The zero-order valence-electron chi connectivity index (χ0n) is 16.1. The van der Waals surface area contributed by atoms with E-state index in [2.05, 4.69) is 19.2 Å². The standard InChI is InChI=1S/C19H31N3O3S/c1-4-11-22(15-19(23)21-12-9-20-10-13-21)26(24,25)18-7-5-17(6-8-18)14-16(2)3/h5-8,16,20H,4,9-15H2,1-3H3. The Balaban J connectivity index is 2.14. The second-order valence-corrected chi connectivity index (χ2v) is 9.15. The van der Waals surface area contributed by atoms with Gasteiger partial charge in [-0.15, -0.1) is 0 Å². The van der Waals surface area contributed by atoms with Crippen molar-refractivity contribution < 1.29 is 13.2 Å². The summed E-state index contributed by atoms with van der Waals surface area (Å²) < 4.78 is 27.3. The zero-order chi connectivity index (χ0) is 19.2. The third kappa shape index (κ3) is 5.53. The number of sulfonamides is 1. The minimum absolute atomic E-state index is 0.0933. The Morgan fingerprint density at radius 3 is 2.35 bits per heavy atom. The van der Waals surface area contributed by atoms with Gasteiger partial charge in [0.05, 0.1) is 11.4 Å². The molecule has 0 bridgehead atoms. The van der Waals surface area contributed by atoms with Crippen LogP contribution in [0.2, 0.25) is 0 Å². The SMILES string of the molecule is CCCN(CC(=O)N1CCNCC1)S(=O)(=O)c1ccc(CC(C)C)cc1. The van der Waals surface area contributed by atoms with E-state index < -0.39 is 10.0 Å². The molecule has 1 aliphatic rings. The average molecular weight is 382 g/mol. The quantitative estimate of drug-likeness (QED) is 0.744. The van der Waals surface area contributed by atoms with Gasteiger partial charge in [0, 0.05) is 32.7 Å². The molecule has 1 aromatic rings. The number of nitrogens with zero attached hydrogens (tertiary/aromatic N) is 2. The molecule has 0 unspecified atom stereocenters. The monoisotopic (exact) mass is 381 g/mol. The smallest absolute Gasteiger partial charge is 0.243 e. The first kappa shape index (κ1) is 20.9. The fourth-order valence-corrected chi connectivity index (χ4v) is 4.60. The first-order valence-corrected chi connectivity index (χ1v) is 10.9. The van der Waals surface area contributed by atoms with Gasteiger partial charge in [-0.25, -0.2) is 8.42 Å². The van der Waals surface area contributed by atoms with Crippen LogP contribution in [-0.2, 0) is 21.2 Å². The molecule has 1 heterocycles. The molecule has 1 amide bonds. The minimum atomic E-state index is -3.67. The number of piperazine rings is 1. The molecule has 0 aliphatic carbocycles. The van der Waals surface area contributed by atoms with Crippen LogP contribution >= 0.6 is 0 Å². The molecule has 0 spiro atoms. The van der Waals surface area contributed by atoms with Crippen LogP contribution in [0.5, 0.6) is 0 Å². The van der Waals surface area contributed by atoms with E-state index in [4.69, 9.17) is 0 Å². The number of carbonyl (C=O) groups is 1. The molecule has 1 aliphatic heterocycles. The molecule has 26 heavy (non-hydrogen) atoms. The topological polar surface area (TPSA) is 69.7 Å². The van der Waals surface area contributed by atoms with E-state index in [1.54, 1.807) is 17.0 Å². The Kier molecular flexibility index (Phi) is 7.61. The van der Waals surface area contributed by atoms with Gasteiger partial charge in [0.15, 0.2) is 0 Å². The molecule has 0 saturated carbocycles. The molecule has 2 rings (SSSR count). The summed E-state index contributed by atoms with van der Waals surface area (Å²) in [6.07, 6.45) is 1.58. The molecule has 6 nitrogen and oxygen atoms in total. The van der Waals surface area contributed by atoms with Crippen LogP contribution in [-0.4, -0.2) is 62.8 Å². The Hall–Kier alpha value is -1.44. The van der Waals surface area contributed by atoms with Crippen molar-refractivity contribution in [2.75, 3.05) is 39.3 Å². The second kappa shape index (κ2) is 9.48. The van der Waals surface area contributed by atoms with Gasteiger partial charge in [-0.05, 0) is 36.5 Å². The summed E-state index contributed by atoms with van der Waals surface area (Å²) in [5.41, 5.74) is 1.12. The van der Waals surface area contributed by atoms with Gasteiger partial charge in [-0.2, -0.15) is 4.31 Å². The molecule has 0 atom stereocenters. The third-order valence-corrected chi connectivity index (χ3v) is 6.32. The van der Waals surface area contributed by atoms with E-state index in [9.17, 15) is 13.2 Å². The highest BCUT2D eigenvalue weighted by molar-refractivity contribution is 7.89. The third-order valence-electron chi connectivity index (χ3n) is 4.46. The van der Waals surface area contributed by atoms with E-state index in [1.165, 1.54) is 4.31 Å². The lowest BCUT2D eigenvalue weighted by Crippen LogP contribution is -2.50. The van der Waals surface area contributed by atoms with Crippen molar-refractivity contribution in [3.63, 3.8) is 0 Å². The maximum atomic E-state index is 13.0. The molecule has 7 heteroatoms. The summed E-state index contributed by atoms with van der Waals surface area (Å²) >= 11 is 0. The molecular weight excluding hydrogens is 350 g/mol. The van der Waals surface area contributed by atoms with Crippen LogP contribution < -0.4 is 5.32 Å². The van der Waals surface area contributed by atoms with Crippen LogP contribution in [0.25, 0.3) is 0 Å². The molecule has 146 valence electrons. The number of hydrogen-bond donors (Lipinski definition) is 1. The van der Waals surface area contributed by atoms with Crippen molar-refractivity contribution in [3.8, 4) is 0 Å². The van der Waals surface area contributed by atoms with Crippen molar-refractivity contribution in [3.05, 3.63) is 29.8 Å². The fraction of sp³-hybridized carbons (Fsp3) is 0.632. The van der Waals surface area contributed by atoms with Crippen LogP contribution in [0.4, 0.5) is 0 Å². The van der Waals surface area contributed by atoms with Crippen LogP contribution in [0.1, 0.15) is 32.8 Å². The maximum absolute atomic E-state index is 13.0. The average Bonchev–Trinajstić information content (AvgIpc) is 2.62. The lowest BCUT2D eigenvalue weighted by atomic mass is 10.0. The number of benzene rings is 1. The van der Waals surface area contributed by atoms with Crippen molar-refractivity contribution in [1.29, 1.82) is 0 Å². The van der Waals surface area contributed by atoms with Gasteiger partial charge in [0.25, 0.3) is 0 Å². The Labute approximate surface area is 157 Å². The molecule has 1 aromatic carbocycles. The largest absolute Gasteiger partial charge is 0.339 e. The summed E-state index contributed by atoms with van der Waals surface area (Å²) in [5, 5.41) is 3.20. The number of nitrogens with one attached hydrogen (secondary N) is 1. The predicted octanol–water partition coefficient (Wildman–Crippen LogP) is 1.72. The molecule has 0 radical (unpaired) electrons. The van der Waals surface area contributed by atoms with Gasteiger partial charge in [-0.3, -0.25) is 4.79 Å². The van der Waals surface area contributed by atoms with E-state index in [1.807, 2.05) is 19.1 Å². The summed E-state index contributed by atoms with van der Waals surface area (Å²) in [7, 11) is -3.67. The van der Waals surface area contributed by atoms with E-state index >= 15 is 0 Å². The normalized spacial score (nSPS) is 15.7. The predicted molar refractivity (Wildman–Crippen MR) is 103 cm³/mol. The van der Waals surface area contributed by atoms with Gasteiger partial charge in [-0.1, -0.05) is 32.9 Å². The van der Waals surface area contributed by atoms with E-state index in [0.29, 0.717) is 32.0 Å². The maximum Gasteiger partial charge on any atom is 0.243 e. The first-order chi connectivity index (χ1) is 12.3. The summed E-state index contributed by atoms with van der Waals surface area (Å²) in [6, 6.07) is 7.06. The fourth-order valence-electron chi connectivity index (χ4n) is 3.12. The highest BCUT2D eigenvalue weighted by Crippen LogP contribution is 2.18. The van der Waals surface area contributed by atoms with Crippen molar-refractivity contribution in [2.45, 2.75) is 38.5 Å². The number of amides is 1. The molecular formula is C19H31N3O3S. The Morgan fingerprint density at radius 2 is 1.81 bits per heavy atom. The minimum Gasteiger partial charge on any atom is -0.339 e. The van der Waals surface area contributed by atoms with Crippen molar-refractivity contribution in [2.24, 2.45) is 5.92 Å². The number of carbonyl (C=O) groups excluding carboxylic acids is 1.